The third-order valence-electron chi connectivity index (χ3n) is 12.4. The minimum absolute atomic E-state index is 0. The van der Waals surface area contributed by atoms with Crippen LogP contribution in [0.5, 0.6) is 0 Å². The molecule has 6 bridgehead atoms. The number of amides is 4. The SMILES string of the molecule is CCn1c(-c2cccnc2[C@H](C)OC)c2c3cc(ccc31)-c1csc(n1)C[C@H](NC(=O)[C@H](C(C)C)N(C)C(=O)N1CC[C@H]1CN)C(=O)N1CCC[C@H](N1)C(=O)OCC(C)(C)C2.S.S.S.S.S. The van der Waals surface area contributed by atoms with Gasteiger partial charge in [-0.2, -0.15) is 67.5 Å². The van der Waals surface area contributed by atoms with Crippen LogP contribution < -0.4 is 16.5 Å². The molecule has 3 aromatic heterocycles. The third kappa shape index (κ3) is 12.2. The van der Waals surface area contributed by atoms with Gasteiger partial charge in [0.05, 0.1) is 34.8 Å². The zero-order valence-electron chi connectivity index (χ0n) is 39.2. The summed E-state index contributed by atoms with van der Waals surface area (Å²) in [7, 11) is 3.31. The minimum atomic E-state index is -1.05. The molecule has 4 N–H and O–H groups in total. The van der Waals surface area contributed by atoms with Gasteiger partial charge in [0.1, 0.15) is 18.1 Å². The summed E-state index contributed by atoms with van der Waals surface area (Å²) in [6.07, 6.45) is 4.10. The van der Waals surface area contributed by atoms with Crippen molar-refractivity contribution >= 4 is 114 Å². The molecule has 0 unspecified atom stereocenters. The minimum Gasteiger partial charge on any atom is -0.464 e. The number of pyridine rings is 1. The highest BCUT2D eigenvalue weighted by Crippen LogP contribution is 2.42. The second kappa shape index (κ2) is 24.9. The summed E-state index contributed by atoms with van der Waals surface area (Å²) in [5.74, 6) is -1.56. The number of nitrogens with one attached hydrogen (secondary N) is 2. The van der Waals surface area contributed by atoms with Gasteiger partial charge in [-0.1, -0.05) is 33.8 Å². The quantitative estimate of drug-likeness (QED) is 0.172. The number of aromatic nitrogens is 3. The van der Waals surface area contributed by atoms with E-state index >= 15 is 0 Å². The van der Waals surface area contributed by atoms with Crippen LogP contribution in [0.4, 0.5) is 4.79 Å². The van der Waals surface area contributed by atoms with Gasteiger partial charge in [0.25, 0.3) is 5.91 Å². The fourth-order valence-electron chi connectivity index (χ4n) is 9.01. The van der Waals surface area contributed by atoms with E-state index < -0.39 is 41.3 Å². The second-order valence-corrected chi connectivity index (χ2v) is 18.7. The number of rotatable bonds is 9. The van der Waals surface area contributed by atoms with Gasteiger partial charge < -0.3 is 34.9 Å². The maximum atomic E-state index is 14.5. The zero-order valence-corrected chi connectivity index (χ0v) is 45.0. The zero-order chi connectivity index (χ0) is 43.7. The molecule has 2 fully saturated rings. The van der Waals surface area contributed by atoms with Crippen molar-refractivity contribution in [1.82, 2.24) is 40.1 Å². The lowest BCUT2D eigenvalue weighted by Gasteiger charge is -2.44. The van der Waals surface area contributed by atoms with Crippen LogP contribution in [0, 0.1) is 11.3 Å². The van der Waals surface area contributed by atoms with E-state index in [0.29, 0.717) is 50.4 Å². The Kier molecular flexibility index (Phi) is 22.3. The number of ether oxygens (including phenoxy) is 2. The van der Waals surface area contributed by atoms with Crippen molar-refractivity contribution in [3.8, 4) is 22.5 Å². The number of hydrogen-bond acceptors (Lipinski definition) is 11. The van der Waals surface area contributed by atoms with Crippen LogP contribution in [0.3, 0.4) is 0 Å². The number of likely N-dealkylation sites (N-methyl/N-ethyl adjacent to an activating group) is 1. The number of methoxy groups -OCH3 is 1. The monoisotopic (exact) mass is 1030 g/mol. The molecule has 0 saturated carbocycles. The van der Waals surface area contributed by atoms with Crippen LogP contribution in [-0.2, 0) is 43.2 Å². The van der Waals surface area contributed by atoms with Crippen molar-refractivity contribution in [2.75, 3.05) is 40.4 Å². The highest BCUT2D eigenvalue weighted by molar-refractivity contribution is 7.60. The Morgan fingerprint density at radius 1 is 1.09 bits per heavy atom. The number of fused-ring (bicyclic) bond motifs is 6. The molecule has 4 amide bonds. The van der Waals surface area contributed by atoms with E-state index in [1.54, 1.807) is 25.3 Å². The molecular weight excluding hydrogens is 955 g/mol. The number of esters is 1. The van der Waals surface area contributed by atoms with Gasteiger partial charge in [-0.15, -0.1) is 11.3 Å². The van der Waals surface area contributed by atoms with Crippen molar-refractivity contribution in [2.45, 2.75) is 110 Å². The Balaban J connectivity index is 0.00000299. The molecule has 1 aromatic carbocycles. The molecule has 21 heteroatoms. The number of nitrogens with zero attached hydrogens (tertiary/aromatic N) is 6. The molecule has 5 atom stereocenters. The highest BCUT2D eigenvalue weighted by atomic mass is 32.1. The van der Waals surface area contributed by atoms with E-state index in [9.17, 15) is 19.2 Å². The Morgan fingerprint density at radius 2 is 1.82 bits per heavy atom. The third-order valence-corrected chi connectivity index (χ3v) is 13.3. The lowest BCUT2D eigenvalue weighted by molar-refractivity contribution is -0.155. The Bertz CT molecular complexity index is 2290. The first-order valence-corrected chi connectivity index (χ1v) is 22.4. The van der Waals surface area contributed by atoms with Crippen LogP contribution in [0.25, 0.3) is 33.4 Å². The van der Waals surface area contributed by atoms with Crippen molar-refractivity contribution < 1.29 is 28.7 Å². The lowest BCUT2D eigenvalue weighted by atomic mass is 9.84. The van der Waals surface area contributed by atoms with Crippen LogP contribution in [-0.4, -0.2) is 118 Å². The molecule has 7 rings (SSSR count). The molecule has 0 spiro atoms. The molecule has 3 aliphatic rings. The fraction of sp³-hybridized carbons (Fsp3) is 0.556. The molecule has 4 aromatic rings. The predicted octanol–water partition coefficient (Wildman–Crippen LogP) is 5.88. The molecule has 2 saturated heterocycles. The smallest absolute Gasteiger partial charge is 0.324 e. The number of carbonyl (C=O) groups is 4. The van der Waals surface area contributed by atoms with E-state index in [-0.39, 0.29) is 105 Å². The number of benzene rings is 1. The fourth-order valence-corrected chi connectivity index (χ4v) is 9.86. The normalized spacial score (nSPS) is 20.1. The Labute approximate surface area is 428 Å². The average Bonchev–Trinajstić information content (AvgIpc) is 3.82. The number of likely N-dealkylation sites (tertiary alicyclic amines) is 1. The topological polar surface area (TPSA) is 177 Å². The van der Waals surface area contributed by atoms with Crippen LogP contribution in [0.15, 0.2) is 41.9 Å². The molecule has 0 radical (unpaired) electrons. The van der Waals surface area contributed by atoms with Crippen molar-refractivity contribution in [2.24, 2.45) is 17.1 Å². The van der Waals surface area contributed by atoms with Gasteiger partial charge >= 0.3 is 12.0 Å². The molecule has 3 aliphatic heterocycles. The molecule has 368 valence electrons. The first kappa shape index (κ1) is 59.0. The molecule has 66 heavy (non-hydrogen) atoms. The van der Waals surface area contributed by atoms with Crippen LogP contribution >= 0.6 is 78.8 Å². The summed E-state index contributed by atoms with van der Waals surface area (Å²) >= 11 is 1.42. The molecular formula is C45H71N9O6S6. The van der Waals surface area contributed by atoms with Gasteiger partial charge in [0.2, 0.25) is 5.91 Å². The lowest BCUT2D eigenvalue weighted by Crippen LogP contribution is -2.64. The second-order valence-electron chi connectivity index (χ2n) is 17.7. The number of nitrogens with two attached hydrogens (primary N) is 1. The van der Waals surface area contributed by atoms with Crippen LogP contribution in [0.1, 0.15) is 83.2 Å². The number of hydrogen-bond donors (Lipinski definition) is 3. The summed E-state index contributed by atoms with van der Waals surface area (Å²) < 4.78 is 14.2. The van der Waals surface area contributed by atoms with Crippen LogP contribution in [0.2, 0.25) is 0 Å². The van der Waals surface area contributed by atoms with Crippen molar-refractivity contribution in [3.05, 3.63) is 58.2 Å². The number of hydrazine groups is 1. The first-order chi connectivity index (χ1) is 29.2. The standard InChI is InChI=1S/C45H61N9O6S.5H2S/c1-9-52-36-15-14-28-20-31(36)32(40(52)30-12-10-17-47-38(30)27(4)59-8)22-45(5,6)25-60-43(57)33-13-11-18-54(50-33)42(56)34(21-37-48-35(28)24-61-37)49-41(55)39(26(2)3)51(7)44(58)53-19-16-29(53)23-46;;;;;/h10,12,14-15,17,20,24,26-27,29,33-34,39,50H,9,11,13,16,18-19,21-23,25,46H2,1-8H3,(H,49,55);5*1H2/t27-,29-,33-,34-,39-;;;;;/m0...../s1. The first-order valence-electron chi connectivity index (χ1n) is 21.5. The van der Waals surface area contributed by atoms with E-state index in [4.69, 9.17) is 25.2 Å². The summed E-state index contributed by atoms with van der Waals surface area (Å²) in [5, 5.41) is 8.16. The summed E-state index contributed by atoms with van der Waals surface area (Å²) in [6.45, 7) is 14.2. The van der Waals surface area contributed by atoms with E-state index in [0.717, 1.165) is 51.1 Å². The molecule has 0 aliphatic carbocycles. The van der Waals surface area contributed by atoms with Gasteiger partial charge in [-0.25, -0.2) is 15.2 Å². The number of aryl methyl sites for hydroxylation is 1. The number of urea groups is 1. The van der Waals surface area contributed by atoms with Crippen molar-refractivity contribution in [3.63, 3.8) is 0 Å². The summed E-state index contributed by atoms with van der Waals surface area (Å²) in [5.41, 5.74) is 15.3. The predicted molar refractivity (Wildman–Crippen MR) is 287 cm³/mol. The maximum absolute atomic E-state index is 14.5. The molecule has 15 nitrogen and oxygen atoms in total. The molecule has 6 heterocycles. The number of cyclic esters (lactones) is 1. The van der Waals surface area contributed by atoms with E-state index in [2.05, 4.69) is 60.3 Å². The Morgan fingerprint density at radius 3 is 2.45 bits per heavy atom. The highest BCUT2D eigenvalue weighted by Gasteiger charge is 2.41. The van der Waals surface area contributed by atoms with E-state index in [1.807, 2.05) is 32.2 Å². The maximum Gasteiger partial charge on any atom is 0.324 e. The van der Waals surface area contributed by atoms with Gasteiger partial charge in [0, 0.05) is 91.8 Å². The largest absolute Gasteiger partial charge is 0.464 e. The number of thiazole rings is 1. The average molecular weight is 1030 g/mol. The van der Waals surface area contributed by atoms with Gasteiger partial charge in [0.15, 0.2) is 0 Å². The Hall–Kier alpha value is -3.15. The van der Waals surface area contributed by atoms with Gasteiger partial charge in [-0.3, -0.25) is 24.4 Å². The summed E-state index contributed by atoms with van der Waals surface area (Å²) in [4.78, 5) is 69.2. The summed E-state index contributed by atoms with van der Waals surface area (Å²) in [6, 6.07) is 7.43. The number of carbonyl (C=O) groups excluding carboxylic acids is 4. The van der Waals surface area contributed by atoms with E-state index in [1.165, 1.54) is 21.2 Å². The van der Waals surface area contributed by atoms with Crippen molar-refractivity contribution in [1.29, 1.82) is 0 Å². The van der Waals surface area contributed by atoms with Gasteiger partial charge in [-0.05, 0) is 75.3 Å².